The number of benzene rings is 1. The van der Waals surface area contributed by atoms with Crippen LogP contribution in [-0.2, 0) is 0 Å². The average Bonchev–Trinajstić information content (AvgIpc) is 2.39. The SMILES string of the molecule is Cc1c(NCC2CCC(C)CC2)cccc1C(N)=O. The molecule has 3 N–H and O–H groups in total. The number of hydrogen-bond donors (Lipinski definition) is 2. The van der Waals surface area contributed by atoms with Crippen LogP contribution >= 0.6 is 0 Å². The van der Waals surface area contributed by atoms with Crippen LogP contribution in [0.2, 0.25) is 0 Å². The molecule has 1 fully saturated rings. The molecule has 0 saturated heterocycles. The molecule has 0 aromatic heterocycles. The molecule has 3 nitrogen and oxygen atoms in total. The van der Waals surface area contributed by atoms with Gasteiger partial charge >= 0.3 is 0 Å². The Morgan fingerprint density at radius 2 is 2.00 bits per heavy atom. The predicted octanol–water partition coefficient (Wildman–Crippen LogP) is 3.33. The second-order valence-corrected chi connectivity index (χ2v) is 5.85. The van der Waals surface area contributed by atoms with Gasteiger partial charge in [0.1, 0.15) is 0 Å². The first kappa shape index (κ1) is 13.9. The third-order valence-electron chi connectivity index (χ3n) is 4.32. The number of nitrogens with one attached hydrogen (secondary N) is 1. The molecule has 0 aliphatic heterocycles. The number of carbonyl (C=O) groups is 1. The van der Waals surface area contributed by atoms with E-state index in [0.29, 0.717) is 5.56 Å². The summed E-state index contributed by atoms with van der Waals surface area (Å²) < 4.78 is 0. The molecule has 19 heavy (non-hydrogen) atoms. The molecule has 3 heteroatoms. The highest BCUT2D eigenvalue weighted by molar-refractivity contribution is 5.95. The lowest BCUT2D eigenvalue weighted by molar-refractivity contribution is 0.1000. The van der Waals surface area contributed by atoms with Crippen LogP contribution < -0.4 is 11.1 Å². The van der Waals surface area contributed by atoms with Crippen molar-refractivity contribution in [2.75, 3.05) is 11.9 Å². The minimum Gasteiger partial charge on any atom is -0.385 e. The Bertz CT molecular complexity index is 448. The number of rotatable bonds is 4. The minimum atomic E-state index is -0.354. The first-order valence-corrected chi connectivity index (χ1v) is 7.21. The molecule has 1 aromatic carbocycles. The van der Waals surface area contributed by atoms with Crippen molar-refractivity contribution in [3.8, 4) is 0 Å². The van der Waals surface area contributed by atoms with Crippen LogP contribution in [0.25, 0.3) is 0 Å². The highest BCUT2D eigenvalue weighted by Gasteiger charge is 2.18. The summed E-state index contributed by atoms with van der Waals surface area (Å²) in [5, 5.41) is 3.48. The normalized spacial score (nSPS) is 23.1. The Labute approximate surface area is 115 Å². The van der Waals surface area contributed by atoms with Gasteiger partial charge in [-0.05, 0) is 49.3 Å². The molecular weight excluding hydrogens is 236 g/mol. The maximum atomic E-state index is 11.3. The largest absolute Gasteiger partial charge is 0.385 e. The summed E-state index contributed by atoms with van der Waals surface area (Å²) >= 11 is 0. The Balaban J connectivity index is 1.96. The van der Waals surface area contributed by atoms with Gasteiger partial charge in [0, 0.05) is 17.8 Å². The van der Waals surface area contributed by atoms with Gasteiger partial charge in [0.05, 0.1) is 0 Å². The summed E-state index contributed by atoms with van der Waals surface area (Å²) in [5.74, 6) is 1.29. The summed E-state index contributed by atoms with van der Waals surface area (Å²) in [6.45, 7) is 5.28. The number of carbonyl (C=O) groups excluding carboxylic acids is 1. The van der Waals surface area contributed by atoms with Crippen LogP contribution in [0.1, 0.15) is 48.5 Å². The van der Waals surface area contributed by atoms with Crippen molar-refractivity contribution in [1.82, 2.24) is 0 Å². The standard InChI is InChI=1S/C16H24N2O/c1-11-6-8-13(9-7-11)10-18-15-5-3-4-14(12(15)2)16(17)19/h3-5,11,13,18H,6-10H2,1-2H3,(H2,17,19). The molecule has 1 aliphatic carbocycles. The molecule has 0 spiro atoms. The molecular formula is C16H24N2O. The minimum absolute atomic E-state index is 0.354. The predicted molar refractivity (Wildman–Crippen MR) is 79.3 cm³/mol. The number of amides is 1. The van der Waals surface area contributed by atoms with Gasteiger partial charge in [0.25, 0.3) is 0 Å². The smallest absolute Gasteiger partial charge is 0.249 e. The van der Waals surface area contributed by atoms with Crippen molar-refractivity contribution < 1.29 is 4.79 Å². The summed E-state index contributed by atoms with van der Waals surface area (Å²) in [6.07, 6.45) is 5.30. The Hall–Kier alpha value is -1.51. The maximum absolute atomic E-state index is 11.3. The first-order valence-electron chi connectivity index (χ1n) is 7.21. The van der Waals surface area contributed by atoms with Gasteiger partial charge in [-0.15, -0.1) is 0 Å². The van der Waals surface area contributed by atoms with E-state index in [0.717, 1.165) is 29.6 Å². The van der Waals surface area contributed by atoms with Crippen molar-refractivity contribution in [2.45, 2.75) is 39.5 Å². The number of anilines is 1. The number of nitrogens with two attached hydrogens (primary N) is 1. The van der Waals surface area contributed by atoms with Crippen molar-refractivity contribution in [3.63, 3.8) is 0 Å². The highest BCUT2D eigenvalue weighted by atomic mass is 16.1. The molecule has 0 unspecified atom stereocenters. The quantitative estimate of drug-likeness (QED) is 0.872. The fourth-order valence-corrected chi connectivity index (χ4v) is 2.88. The van der Waals surface area contributed by atoms with E-state index < -0.39 is 0 Å². The summed E-state index contributed by atoms with van der Waals surface area (Å²) in [4.78, 5) is 11.3. The van der Waals surface area contributed by atoms with E-state index in [1.54, 1.807) is 6.07 Å². The molecule has 0 heterocycles. The van der Waals surface area contributed by atoms with E-state index in [1.165, 1.54) is 25.7 Å². The Kier molecular flexibility index (Phi) is 4.46. The Morgan fingerprint density at radius 3 is 2.63 bits per heavy atom. The van der Waals surface area contributed by atoms with Gasteiger partial charge in [0.15, 0.2) is 0 Å². The fraction of sp³-hybridized carbons (Fsp3) is 0.562. The molecule has 104 valence electrons. The fourth-order valence-electron chi connectivity index (χ4n) is 2.88. The zero-order valence-corrected chi connectivity index (χ0v) is 11.9. The second-order valence-electron chi connectivity index (χ2n) is 5.85. The van der Waals surface area contributed by atoms with Crippen LogP contribution in [0, 0.1) is 18.8 Å². The van der Waals surface area contributed by atoms with E-state index in [9.17, 15) is 4.79 Å². The van der Waals surface area contributed by atoms with Crippen LogP contribution in [0.4, 0.5) is 5.69 Å². The van der Waals surface area contributed by atoms with Gasteiger partial charge < -0.3 is 11.1 Å². The highest BCUT2D eigenvalue weighted by Crippen LogP contribution is 2.29. The lowest BCUT2D eigenvalue weighted by atomic mass is 9.83. The van der Waals surface area contributed by atoms with Gasteiger partial charge in [-0.2, -0.15) is 0 Å². The molecule has 0 atom stereocenters. The molecule has 0 radical (unpaired) electrons. The van der Waals surface area contributed by atoms with Gasteiger partial charge in [0.2, 0.25) is 5.91 Å². The molecule has 0 bridgehead atoms. The maximum Gasteiger partial charge on any atom is 0.249 e. The zero-order chi connectivity index (χ0) is 13.8. The topological polar surface area (TPSA) is 55.1 Å². The van der Waals surface area contributed by atoms with Gasteiger partial charge in [-0.3, -0.25) is 4.79 Å². The molecule has 1 saturated carbocycles. The first-order chi connectivity index (χ1) is 9.08. The van der Waals surface area contributed by atoms with E-state index >= 15 is 0 Å². The lowest BCUT2D eigenvalue weighted by Crippen LogP contribution is -2.21. The molecule has 1 amide bonds. The molecule has 2 rings (SSSR count). The second kappa shape index (κ2) is 6.09. The van der Waals surface area contributed by atoms with Crippen molar-refractivity contribution in [2.24, 2.45) is 17.6 Å². The van der Waals surface area contributed by atoms with E-state index in [4.69, 9.17) is 5.73 Å². The molecule has 1 aliphatic rings. The van der Waals surface area contributed by atoms with Crippen LogP contribution in [-0.4, -0.2) is 12.5 Å². The van der Waals surface area contributed by atoms with Gasteiger partial charge in [-0.25, -0.2) is 0 Å². The summed E-state index contributed by atoms with van der Waals surface area (Å²) in [5.41, 5.74) is 7.98. The monoisotopic (exact) mass is 260 g/mol. The van der Waals surface area contributed by atoms with E-state index in [2.05, 4.69) is 12.2 Å². The van der Waals surface area contributed by atoms with Crippen LogP contribution in [0.5, 0.6) is 0 Å². The lowest BCUT2D eigenvalue weighted by Gasteiger charge is -2.27. The zero-order valence-electron chi connectivity index (χ0n) is 11.9. The van der Waals surface area contributed by atoms with E-state index in [1.807, 2.05) is 19.1 Å². The van der Waals surface area contributed by atoms with Crippen LogP contribution in [0.15, 0.2) is 18.2 Å². The summed E-state index contributed by atoms with van der Waals surface area (Å²) in [7, 11) is 0. The van der Waals surface area contributed by atoms with Crippen molar-refractivity contribution in [1.29, 1.82) is 0 Å². The van der Waals surface area contributed by atoms with Crippen LogP contribution in [0.3, 0.4) is 0 Å². The molecule has 1 aromatic rings. The summed E-state index contributed by atoms with van der Waals surface area (Å²) in [6, 6.07) is 5.69. The third-order valence-corrected chi connectivity index (χ3v) is 4.32. The van der Waals surface area contributed by atoms with Crippen molar-refractivity contribution >= 4 is 11.6 Å². The van der Waals surface area contributed by atoms with E-state index in [-0.39, 0.29) is 5.91 Å². The average molecular weight is 260 g/mol. The third kappa shape index (κ3) is 3.49. The number of primary amides is 1. The Morgan fingerprint density at radius 1 is 1.32 bits per heavy atom. The van der Waals surface area contributed by atoms with Crippen molar-refractivity contribution in [3.05, 3.63) is 29.3 Å². The van der Waals surface area contributed by atoms with Gasteiger partial charge in [-0.1, -0.05) is 25.8 Å². The number of hydrogen-bond acceptors (Lipinski definition) is 2.